The summed E-state index contributed by atoms with van der Waals surface area (Å²) in [6, 6.07) is 6.22. The van der Waals surface area contributed by atoms with E-state index in [1.165, 1.54) is 5.56 Å². The molecule has 0 aliphatic heterocycles. The predicted octanol–water partition coefficient (Wildman–Crippen LogP) is 3.36. The molecule has 1 N–H and O–H groups in total. The minimum atomic E-state index is -0.896. The second-order valence-electron chi connectivity index (χ2n) is 5.81. The van der Waals surface area contributed by atoms with Crippen LogP contribution in [0.4, 0.5) is 0 Å². The molecule has 0 saturated heterocycles. The fourth-order valence-electron chi connectivity index (χ4n) is 2.67. The summed E-state index contributed by atoms with van der Waals surface area (Å²) in [5.74, 6) is 0.942. The Hall–Kier alpha value is -1.61. The van der Waals surface area contributed by atoms with E-state index in [1.807, 2.05) is 26.2 Å². The smallest absolute Gasteiger partial charge is 0.111 e. The number of aryl methyl sites for hydroxylation is 3. The molecule has 1 aromatic heterocycles. The van der Waals surface area contributed by atoms with E-state index >= 15 is 0 Å². The van der Waals surface area contributed by atoms with Gasteiger partial charge in [0, 0.05) is 25.4 Å². The number of hydrogen-bond acceptors (Lipinski definition) is 2. The molecule has 2 rings (SSSR count). The van der Waals surface area contributed by atoms with Crippen LogP contribution in [0.3, 0.4) is 0 Å². The van der Waals surface area contributed by atoms with Crippen LogP contribution in [0.2, 0.25) is 0 Å². The number of benzene rings is 1. The lowest BCUT2D eigenvalue weighted by molar-refractivity contribution is 0.0538. The van der Waals surface area contributed by atoms with E-state index in [1.54, 1.807) is 0 Å². The van der Waals surface area contributed by atoms with Crippen LogP contribution >= 0.6 is 0 Å². The molecule has 1 heterocycles. The third-order valence-corrected chi connectivity index (χ3v) is 3.74. The third kappa shape index (κ3) is 3.10. The highest BCUT2D eigenvalue weighted by Crippen LogP contribution is 2.28. The summed E-state index contributed by atoms with van der Waals surface area (Å²) in [7, 11) is 0. The molecule has 3 nitrogen and oxygen atoms in total. The molecule has 2 aromatic rings. The fraction of sp³-hybridized carbons (Fsp3) is 0.471. The van der Waals surface area contributed by atoms with E-state index in [4.69, 9.17) is 0 Å². The van der Waals surface area contributed by atoms with Gasteiger partial charge in [-0.2, -0.15) is 0 Å². The largest absolute Gasteiger partial charge is 0.385 e. The topological polar surface area (TPSA) is 38.0 Å². The van der Waals surface area contributed by atoms with E-state index in [9.17, 15) is 5.11 Å². The average molecular weight is 272 g/mol. The molecule has 3 heteroatoms. The molecule has 1 atom stereocenters. The number of aromatic nitrogens is 2. The first kappa shape index (κ1) is 14.8. The van der Waals surface area contributed by atoms with Crippen LogP contribution in [0.15, 0.2) is 30.6 Å². The van der Waals surface area contributed by atoms with Crippen LogP contribution in [-0.4, -0.2) is 14.7 Å². The molecule has 0 saturated carbocycles. The fourth-order valence-corrected chi connectivity index (χ4v) is 2.67. The van der Waals surface area contributed by atoms with Crippen molar-refractivity contribution < 1.29 is 5.11 Å². The standard InChI is InChI=1S/C17H24N2O/c1-5-9-19-10-8-18-16(19)12-17(4,20)15-11-13(2)6-7-14(15)3/h6-8,10-11,20H,5,9,12H2,1-4H3. The Morgan fingerprint density at radius 1 is 1.30 bits per heavy atom. The zero-order valence-corrected chi connectivity index (χ0v) is 12.8. The lowest BCUT2D eigenvalue weighted by Crippen LogP contribution is -2.27. The first-order chi connectivity index (χ1) is 9.44. The van der Waals surface area contributed by atoms with Crippen molar-refractivity contribution in [2.75, 3.05) is 0 Å². The van der Waals surface area contributed by atoms with Gasteiger partial charge in [-0.25, -0.2) is 4.98 Å². The molecule has 20 heavy (non-hydrogen) atoms. The van der Waals surface area contributed by atoms with E-state index < -0.39 is 5.60 Å². The van der Waals surface area contributed by atoms with Crippen molar-refractivity contribution in [3.63, 3.8) is 0 Å². The summed E-state index contributed by atoms with van der Waals surface area (Å²) < 4.78 is 2.12. The van der Waals surface area contributed by atoms with Crippen LogP contribution in [0.25, 0.3) is 0 Å². The highest BCUT2D eigenvalue weighted by molar-refractivity contribution is 5.35. The Bertz CT molecular complexity index is 584. The first-order valence-electron chi connectivity index (χ1n) is 7.24. The molecule has 0 radical (unpaired) electrons. The second kappa shape index (κ2) is 5.80. The Morgan fingerprint density at radius 2 is 2.05 bits per heavy atom. The summed E-state index contributed by atoms with van der Waals surface area (Å²) in [4.78, 5) is 4.40. The Labute approximate surface area is 121 Å². The van der Waals surface area contributed by atoms with Crippen LogP contribution in [0.1, 0.15) is 42.8 Å². The van der Waals surface area contributed by atoms with Gasteiger partial charge in [0.15, 0.2) is 0 Å². The lowest BCUT2D eigenvalue weighted by atomic mass is 9.88. The SMILES string of the molecule is CCCn1ccnc1CC(C)(O)c1cc(C)ccc1C. The van der Waals surface area contributed by atoms with Gasteiger partial charge in [-0.1, -0.05) is 30.7 Å². The molecule has 0 fully saturated rings. The summed E-state index contributed by atoms with van der Waals surface area (Å²) in [5.41, 5.74) is 2.38. The first-order valence-corrected chi connectivity index (χ1v) is 7.24. The van der Waals surface area contributed by atoms with Gasteiger partial charge >= 0.3 is 0 Å². The molecule has 108 valence electrons. The van der Waals surface area contributed by atoms with Gasteiger partial charge in [-0.05, 0) is 38.3 Å². The van der Waals surface area contributed by atoms with E-state index in [0.29, 0.717) is 6.42 Å². The number of rotatable bonds is 5. The maximum Gasteiger partial charge on any atom is 0.111 e. The summed E-state index contributed by atoms with van der Waals surface area (Å²) in [6.07, 6.45) is 5.39. The van der Waals surface area contributed by atoms with Crippen molar-refractivity contribution in [1.29, 1.82) is 0 Å². The molecule has 1 unspecified atom stereocenters. The number of nitrogens with zero attached hydrogens (tertiary/aromatic N) is 2. The molecule has 0 bridgehead atoms. The van der Waals surface area contributed by atoms with Gasteiger partial charge in [0.05, 0.1) is 5.60 Å². The van der Waals surface area contributed by atoms with Crippen molar-refractivity contribution in [2.45, 2.75) is 52.7 Å². The summed E-state index contributed by atoms with van der Waals surface area (Å²) in [6.45, 7) is 9.06. The monoisotopic (exact) mass is 272 g/mol. The predicted molar refractivity (Wildman–Crippen MR) is 81.7 cm³/mol. The van der Waals surface area contributed by atoms with Gasteiger partial charge < -0.3 is 9.67 Å². The number of aliphatic hydroxyl groups is 1. The van der Waals surface area contributed by atoms with Gasteiger partial charge in [-0.3, -0.25) is 0 Å². The van der Waals surface area contributed by atoms with Crippen molar-refractivity contribution in [3.8, 4) is 0 Å². The highest BCUT2D eigenvalue weighted by Gasteiger charge is 2.27. The van der Waals surface area contributed by atoms with Crippen LogP contribution in [0, 0.1) is 13.8 Å². The lowest BCUT2D eigenvalue weighted by Gasteiger charge is -2.26. The summed E-state index contributed by atoms with van der Waals surface area (Å²) >= 11 is 0. The van der Waals surface area contributed by atoms with E-state index in [0.717, 1.165) is 29.9 Å². The van der Waals surface area contributed by atoms with Crippen molar-refractivity contribution in [2.24, 2.45) is 0 Å². The third-order valence-electron chi connectivity index (χ3n) is 3.74. The van der Waals surface area contributed by atoms with Crippen molar-refractivity contribution in [1.82, 2.24) is 9.55 Å². The molecule has 1 aromatic carbocycles. The van der Waals surface area contributed by atoms with E-state index in [-0.39, 0.29) is 0 Å². The summed E-state index contributed by atoms with van der Waals surface area (Å²) in [5, 5.41) is 10.9. The minimum Gasteiger partial charge on any atom is -0.385 e. The Kier molecular flexibility index (Phi) is 4.29. The Morgan fingerprint density at radius 3 is 2.75 bits per heavy atom. The van der Waals surface area contributed by atoms with Crippen LogP contribution < -0.4 is 0 Å². The van der Waals surface area contributed by atoms with E-state index in [2.05, 4.69) is 41.6 Å². The highest BCUT2D eigenvalue weighted by atomic mass is 16.3. The van der Waals surface area contributed by atoms with Gasteiger partial charge in [0.25, 0.3) is 0 Å². The zero-order chi connectivity index (χ0) is 14.8. The maximum absolute atomic E-state index is 10.9. The van der Waals surface area contributed by atoms with Gasteiger partial charge in [-0.15, -0.1) is 0 Å². The van der Waals surface area contributed by atoms with Gasteiger partial charge in [0.2, 0.25) is 0 Å². The molecule has 0 aliphatic carbocycles. The molecular formula is C17H24N2O. The second-order valence-corrected chi connectivity index (χ2v) is 5.81. The Balaban J connectivity index is 2.30. The maximum atomic E-state index is 10.9. The molecule has 0 amide bonds. The normalized spacial score (nSPS) is 14.2. The molecule has 0 aliphatic rings. The number of hydrogen-bond donors (Lipinski definition) is 1. The quantitative estimate of drug-likeness (QED) is 0.906. The average Bonchev–Trinajstić information content (AvgIpc) is 2.79. The minimum absolute atomic E-state index is 0.532. The van der Waals surface area contributed by atoms with Crippen LogP contribution in [0.5, 0.6) is 0 Å². The zero-order valence-electron chi connectivity index (χ0n) is 12.8. The molecule has 0 spiro atoms. The molecular weight excluding hydrogens is 248 g/mol. The van der Waals surface area contributed by atoms with Gasteiger partial charge in [0.1, 0.15) is 5.82 Å². The van der Waals surface area contributed by atoms with Crippen LogP contribution in [-0.2, 0) is 18.6 Å². The van der Waals surface area contributed by atoms with Crippen molar-refractivity contribution in [3.05, 3.63) is 53.1 Å². The van der Waals surface area contributed by atoms with Crippen molar-refractivity contribution >= 4 is 0 Å². The number of imidazole rings is 1.